The Morgan fingerprint density at radius 2 is 2.05 bits per heavy atom. The summed E-state index contributed by atoms with van der Waals surface area (Å²) in [6.45, 7) is 3.82. The molecule has 1 aromatic heterocycles. The summed E-state index contributed by atoms with van der Waals surface area (Å²) in [5, 5.41) is 10.8. The van der Waals surface area contributed by atoms with Gasteiger partial charge in [0.1, 0.15) is 9.88 Å². The first-order chi connectivity index (χ1) is 8.90. The van der Waals surface area contributed by atoms with Crippen molar-refractivity contribution in [3.8, 4) is 10.6 Å². The predicted molar refractivity (Wildman–Crippen MR) is 78.6 cm³/mol. The van der Waals surface area contributed by atoms with Crippen LogP contribution in [0.1, 0.15) is 35.1 Å². The number of rotatable bonds is 3. The van der Waals surface area contributed by atoms with Gasteiger partial charge in [-0.05, 0) is 24.1 Å². The highest BCUT2D eigenvalue weighted by Crippen LogP contribution is 2.36. The minimum atomic E-state index is -0.967. The van der Waals surface area contributed by atoms with E-state index in [9.17, 15) is 9.90 Å². The highest BCUT2D eigenvalue weighted by molar-refractivity contribution is 7.17. The molecular formula is C13H11Cl2NO2S. The van der Waals surface area contributed by atoms with E-state index in [4.69, 9.17) is 23.2 Å². The van der Waals surface area contributed by atoms with Gasteiger partial charge in [-0.2, -0.15) is 0 Å². The number of carbonyl (C=O) groups is 1. The normalized spacial score (nSPS) is 11.0. The summed E-state index contributed by atoms with van der Waals surface area (Å²) in [4.78, 5) is 15.9. The fourth-order valence-electron chi connectivity index (χ4n) is 1.65. The summed E-state index contributed by atoms with van der Waals surface area (Å²) >= 11 is 13.2. The largest absolute Gasteiger partial charge is 0.477 e. The maximum absolute atomic E-state index is 11.2. The molecule has 3 nitrogen and oxygen atoms in total. The number of hydrogen-bond donors (Lipinski definition) is 1. The molecule has 0 atom stereocenters. The minimum absolute atomic E-state index is 0.0362. The lowest BCUT2D eigenvalue weighted by Gasteiger charge is -2.01. The maximum atomic E-state index is 11.2. The molecule has 0 aliphatic rings. The molecule has 1 heterocycles. The Morgan fingerprint density at radius 1 is 1.37 bits per heavy atom. The van der Waals surface area contributed by atoms with Crippen molar-refractivity contribution < 1.29 is 9.90 Å². The fourth-order valence-corrected chi connectivity index (χ4v) is 3.18. The highest BCUT2D eigenvalue weighted by atomic mass is 35.5. The van der Waals surface area contributed by atoms with Crippen molar-refractivity contribution in [2.45, 2.75) is 19.8 Å². The SMILES string of the molecule is CC(C)c1nc(-c2cc(Cl)ccc2Cl)sc1C(=O)O. The number of carboxylic acid groups (broad SMARTS) is 1. The summed E-state index contributed by atoms with van der Waals surface area (Å²) in [5.74, 6) is -0.931. The molecule has 0 saturated heterocycles. The van der Waals surface area contributed by atoms with E-state index in [0.717, 1.165) is 11.3 Å². The monoisotopic (exact) mass is 315 g/mol. The molecule has 0 radical (unpaired) electrons. The molecule has 100 valence electrons. The zero-order chi connectivity index (χ0) is 14.2. The van der Waals surface area contributed by atoms with Gasteiger partial charge < -0.3 is 5.11 Å². The minimum Gasteiger partial charge on any atom is -0.477 e. The van der Waals surface area contributed by atoms with Gasteiger partial charge in [0.05, 0.1) is 10.7 Å². The van der Waals surface area contributed by atoms with Crippen molar-refractivity contribution in [2.24, 2.45) is 0 Å². The first kappa shape index (κ1) is 14.3. The van der Waals surface area contributed by atoms with Gasteiger partial charge in [-0.3, -0.25) is 0 Å². The molecular weight excluding hydrogens is 305 g/mol. The molecule has 0 saturated carbocycles. The van der Waals surface area contributed by atoms with E-state index in [0.29, 0.717) is 26.3 Å². The van der Waals surface area contributed by atoms with Crippen LogP contribution in [-0.4, -0.2) is 16.1 Å². The average molecular weight is 316 g/mol. The molecule has 0 spiro atoms. The van der Waals surface area contributed by atoms with Gasteiger partial charge in [0, 0.05) is 10.6 Å². The Labute approximate surface area is 124 Å². The molecule has 2 aromatic rings. The van der Waals surface area contributed by atoms with E-state index < -0.39 is 5.97 Å². The summed E-state index contributed by atoms with van der Waals surface area (Å²) in [6.07, 6.45) is 0. The first-order valence-electron chi connectivity index (χ1n) is 5.59. The van der Waals surface area contributed by atoms with Crippen LogP contribution < -0.4 is 0 Å². The van der Waals surface area contributed by atoms with Crippen molar-refractivity contribution in [3.63, 3.8) is 0 Å². The van der Waals surface area contributed by atoms with Gasteiger partial charge in [-0.15, -0.1) is 11.3 Å². The van der Waals surface area contributed by atoms with Gasteiger partial charge in [0.2, 0.25) is 0 Å². The lowest BCUT2D eigenvalue weighted by molar-refractivity contribution is 0.0700. The molecule has 0 aliphatic heterocycles. The number of hydrogen-bond acceptors (Lipinski definition) is 3. The number of benzene rings is 1. The second-order valence-electron chi connectivity index (χ2n) is 4.32. The van der Waals surface area contributed by atoms with E-state index >= 15 is 0 Å². The lowest BCUT2D eigenvalue weighted by Crippen LogP contribution is -2.00. The fraction of sp³-hybridized carbons (Fsp3) is 0.231. The van der Waals surface area contributed by atoms with Crippen LogP contribution in [0.4, 0.5) is 0 Å². The van der Waals surface area contributed by atoms with Crippen molar-refractivity contribution in [1.29, 1.82) is 0 Å². The Hall–Kier alpha value is -1.10. The third kappa shape index (κ3) is 2.91. The summed E-state index contributed by atoms with van der Waals surface area (Å²) < 4.78 is 0. The second kappa shape index (κ2) is 5.49. The molecule has 0 aliphatic carbocycles. The number of thiazole rings is 1. The highest BCUT2D eigenvalue weighted by Gasteiger charge is 2.21. The van der Waals surface area contributed by atoms with Crippen molar-refractivity contribution >= 4 is 40.5 Å². The summed E-state index contributed by atoms with van der Waals surface area (Å²) in [6, 6.07) is 5.05. The van der Waals surface area contributed by atoms with Gasteiger partial charge in [0.25, 0.3) is 0 Å². The van der Waals surface area contributed by atoms with Crippen LogP contribution in [-0.2, 0) is 0 Å². The predicted octanol–water partition coefficient (Wildman–Crippen LogP) is 4.94. The van der Waals surface area contributed by atoms with Crippen LogP contribution in [0.15, 0.2) is 18.2 Å². The van der Waals surface area contributed by atoms with Crippen molar-refractivity contribution in [2.75, 3.05) is 0 Å². The average Bonchev–Trinajstić information content (AvgIpc) is 2.77. The topological polar surface area (TPSA) is 50.2 Å². The van der Waals surface area contributed by atoms with Crippen LogP contribution in [0, 0.1) is 0 Å². The quantitative estimate of drug-likeness (QED) is 0.872. The van der Waals surface area contributed by atoms with Crippen molar-refractivity contribution in [3.05, 3.63) is 38.8 Å². The van der Waals surface area contributed by atoms with Crippen LogP contribution in [0.5, 0.6) is 0 Å². The van der Waals surface area contributed by atoms with Crippen molar-refractivity contribution in [1.82, 2.24) is 4.98 Å². The third-order valence-corrected chi connectivity index (χ3v) is 4.21. The second-order valence-corrected chi connectivity index (χ2v) is 6.16. The standard InChI is InChI=1S/C13H11Cl2NO2S/c1-6(2)10-11(13(17)18)19-12(16-10)8-5-7(14)3-4-9(8)15/h3-6H,1-2H3,(H,17,18). The van der Waals surface area contributed by atoms with Crippen LogP contribution in [0.2, 0.25) is 10.0 Å². The summed E-state index contributed by atoms with van der Waals surface area (Å²) in [7, 11) is 0. The molecule has 1 aromatic carbocycles. The number of aromatic carboxylic acids is 1. The number of nitrogens with zero attached hydrogens (tertiary/aromatic N) is 1. The molecule has 0 amide bonds. The van der Waals surface area contributed by atoms with Gasteiger partial charge >= 0.3 is 5.97 Å². The lowest BCUT2D eigenvalue weighted by atomic mass is 10.1. The molecule has 0 bridgehead atoms. The number of halogens is 2. The van der Waals surface area contributed by atoms with Gasteiger partial charge in [0.15, 0.2) is 0 Å². The molecule has 1 N–H and O–H groups in total. The zero-order valence-corrected chi connectivity index (χ0v) is 12.6. The molecule has 2 rings (SSSR count). The smallest absolute Gasteiger partial charge is 0.347 e. The molecule has 19 heavy (non-hydrogen) atoms. The summed E-state index contributed by atoms with van der Waals surface area (Å²) in [5.41, 5.74) is 1.23. The van der Waals surface area contributed by atoms with Crippen LogP contribution in [0.3, 0.4) is 0 Å². The van der Waals surface area contributed by atoms with Crippen LogP contribution in [0.25, 0.3) is 10.6 Å². The Bertz CT molecular complexity index is 638. The Kier molecular flexibility index (Phi) is 4.13. The van der Waals surface area contributed by atoms with E-state index in [1.54, 1.807) is 18.2 Å². The Balaban J connectivity index is 2.60. The van der Waals surface area contributed by atoms with Gasteiger partial charge in [-0.1, -0.05) is 37.0 Å². The molecule has 0 unspecified atom stereocenters. The third-order valence-electron chi connectivity index (χ3n) is 2.55. The van der Waals surface area contributed by atoms with E-state index in [2.05, 4.69) is 4.98 Å². The molecule has 6 heteroatoms. The van der Waals surface area contributed by atoms with E-state index in [-0.39, 0.29) is 10.8 Å². The van der Waals surface area contributed by atoms with E-state index in [1.807, 2.05) is 13.8 Å². The van der Waals surface area contributed by atoms with Gasteiger partial charge in [-0.25, -0.2) is 9.78 Å². The first-order valence-corrected chi connectivity index (χ1v) is 7.16. The Morgan fingerprint density at radius 3 is 2.58 bits per heavy atom. The zero-order valence-electron chi connectivity index (χ0n) is 10.3. The molecule has 0 fully saturated rings. The van der Waals surface area contributed by atoms with Crippen LogP contribution >= 0.6 is 34.5 Å². The number of carboxylic acids is 1. The van der Waals surface area contributed by atoms with E-state index in [1.165, 1.54) is 0 Å². The number of aromatic nitrogens is 1. The maximum Gasteiger partial charge on any atom is 0.347 e.